The average molecular weight is 387 g/mol. The van der Waals surface area contributed by atoms with Crippen molar-refractivity contribution in [1.82, 2.24) is 15.1 Å². The zero-order chi connectivity index (χ0) is 19.7. The quantitative estimate of drug-likeness (QED) is 0.845. The predicted molar refractivity (Wildman–Crippen MR) is 105 cm³/mol. The van der Waals surface area contributed by atoms with Crippen LogP contribution in [-0.2, 0) is 4.79 Å². The summed E-state index contributed by atoms with van der Waals surface area (Å²) in [6, 6.07) is 5.32. The first-order chi connectivity index (χ1) is 13.6. The first-order valence-electron chi connectivity index (χ1n) is 10.1. The zero-order valence-electron chi connectivity index (χ0n) is 16.7. The van der Waals surface area contributed by atoms with E-state index >= 15 is 0 Å². The molecular weight excluding hydrogens is 358 g/mol. The van der Waals surface area contributed by atoms with Crippen LogP contribution in [0, 0.1) is 11.3 Å². The van der Waals surface area contributed by atoms with Crippen molar-refractivity contribution in [2.75, 3.05) is 53.5 Å². The Morgan fingerprint density at radius 2 is 1.71 bits per heavy atom. The Hall–Kier alpha value is -2.28. The lowest BCUT2D eigenvalue weighted by molar-refractivity contribution is -0.135. The predicted octanol–water partition coefficient (Wildman–Crippen LogP) is 1.38. The molecule has 3 aliphatic rings. The average Bonchev–Trinajstić information content (AvgIpc) is 3.45. The van der Waals surface area contributed by atoms with E-state index in [1.807, 2.05) is 4.90 Å². The van der Waals surface area contributed by atoms with Crippen LogP contribution in [0.2, 0.25) is 0 Å². The highest BCUT2D eigenvalue weighted by Crippen LogP contribution is 2.59. The number of benzene rings is 1. The highest BCUT2D eigenvalue weighted by molar-refractivity contribution is 5.98. The number of piperazine rings is 1. The molecule has 1 aromatic rings. The summed E-state index contributed by atoms with van der Waals surface area (Å²) in [6.45, 7) is 4.34. The Morgan fingerprint density at radius 3 is 2.36 bits per heavy atom. The lowest BCUT2D eigenvalue weighted by Crippen LogP contribution is -2.51. The van der Waals surface area contributed by atoms with Crippen LogP contribution in [0.5, 0.6) is 11.5 Å². The van der Waals surface area contributed by atoms with E-state index in [0.717, 1.165) is 32.4 Å². The molecule has 0 aromatic heterocycles. The summed E-state index contributed by atoms with van der Waals surface area (Å²) in [5.74, 6) is 1.40. The topological polar surface area (TPSA) is 71.1 Å². The van der Waals surface area contributed by atoms with Crippen LogP contribution in [0.3, 0.4) is 0 Å². The summed E-state index contributed by atoms with van der Waals surface area (Å²) in [4.78, 5) is 29.7. The van der Waals surface area contributed by atoms with Crippen LogP contribution >= 0.6 is 0 Å². The van der Waals surface area contributed by atoms with Crippen molar-refractivity contribution >= 4 is 11.8 Å². The van der Waals surface area contributed by atoms with Crippen molar-refractivity contribution in [3.05, 3.63) is 23.8 Å². The molecule has 1 saturated carbocycles. The first-order valence-corrected chi connectivity index (χ1v) is 10.1. The van der Waals surface area contributed by atoms with Crippen molar-refractivity contribution in [2.24, 2.45) is 11.3 Å². The summed E-state index contributed by atoms with van der Waals surface area (Å²) in [6.07, 6.45) is 3.25. The molecule has 2 saturated heterocycles. The van der Waals surface area contributed by atoms with Gasteiger partial charge in [-0.25, -0.2) is 0 Å². The summed E-state index contributed by atoms with van der Waals surface area (Å²) >= 11 is 0. The monoisotopic (exact) mass is 387 g/mol. The van der Waals surface area contributed by atoms with Crippen LogP contribution in [0.15, 0.2) is 18.2 Å². The third-order valence-corrected chi connectivity index (χ3v) is 6.60. The van der Waals surface area contributed by atoms with Crippen LogP contribution in [0.4, 0.5) is 0 Å². The van der Waals surface area contributed by atoms with Crippen molar-refractivity contribution in [3.63, 3.8) is 0 Å². The lowest BCUT2D eigenvalue weighted by Gasteiger charge is -2.36. The van der Waals surface area contributed by atoms with Gasteiger partial charge in [0.05, 0.1) is 19.8 Å². The molecule has 1 atom stereocenters. The Balaban J connectivity index is 1.37. The van der Waals surface area contributed by atoms with Gasteiger partial charge in [0.2, 0.25) is 5.91 Å². The zero-order valence-corrected chi connectivity index (χ0v) is 16.7. The maximum absolute atomic E-state index is 13.0. The number of nitrogens with zero attached hydrogens (tertiary/aromatic N) is 2. The third kappa shape index (κ3) is 3.32. The SMILES string of the molecule is COc1cccc(C(=O)N2CCN(C(=O)C3CC34CCNCC4)CC2)c1OC. The number of para-hydroxylation sites is 1. The largest absolute Gasteiger partial charge is 0.493 e. The summed E-state index contributed by atoms with van der Waals surface area (Å²) in [5.41, 5.74) is 0.751. The normalized spacial score (nSPS) is 23.4. The minimum Gasteiger partial charge on any atom is -0.493 e. The van der Waals surface area contributed by atoms with Gasteiger partial charge in [-0.2, -0.15) is 0 Å². The molecule has 0 bridgehead atoms. The number of rotatable bonds is 4. The van der Waals surface area contributed by atoms with Crippen molar-refractivity contribution < 1.29 is 19.1 Å². The van der Waals surface area contributed by atoms with Gasteiger partial charge in [0.25, 0.3) is 5.91 Å². The molecule has 0 radical (unpaired) electrons. The molecule has 1 N–H and O–H groups in total. The van der Waals surface area contributed by atoms with Gasteiger partial charge in [-0.3, -0.25) is 9.59 Å². The highest BCUT2D eigenvalue weighted by Gasteiger charge is 2.58. The molecule has 2 amide bonds. The summed E-state index contributed by atoms with van der Waals surface area (Å²) in [7, 11) is 3.10. The minimum atomic E-state index is -0.0795. The van der Waals surface area contributed by atoms with E-state index in [9.17, 15) is 9.59 Å². The number of methoxy groups -OCH3 is 2. The molecule has 7 heteroatoms. The molecule has 152 valence electrons. The fourth-order valence-electron chi connectivity index (χ4n) is 4.75. The van der Waals surface area contributed by atoms with E-state index in [4.69, 9.17) is 9.47 Å². The van der Waals surface area contributed by atoms with Crippen LogP contribution in [0.1, 0.15) is 29.6 Å². The number of ether oxygens (including phenoxy) is 2. The van der Waals surface area contributed by atoms with E-state index in [1.165, 1.54) is 7.11 Å². The maximum Gasteiger partial charge on any atom is 0.257 e. The first kappa shape index (κ1) is 19.1. The minimum absolute atomic E-state index is 0.0795. The second-order valence-electron chi connectivity index (χ2n) is 8.03. The summed E-state index contributed by atoms with van der Waals surface area (Å²) in [5, 5.41) is 3.38. The molecule has 2 aliphatic heterocycles. The van der Waals surface area contributed by atoms with Gasteiger partial charge in [-0.05, 0) is 49.9 Å². The second kappa shape index (κ2) is 7.62. The van der Waals surface area contributed by atoms with Crippen LogP contribution in [0.25, 0.3) is 0 Å². The molecule has 1 spiro atoms. The van der Waals surface area contributed by atoms with Gasteiger partial charge in [-0.1, -0.05) is 6.07 Å². The molecule has 4 rings (SSSR count). The van der Waals surface area contributed by atoms with Gasteiger partial charge in [0.1, 0.15) is 0 Å². The van der Waals surface area contributed by atoms with Gasteiger partial charge in [-0.15, -0.1) is 0 Å². The van der Waals surface area contributed by atoms with Gasteiger partial charge < -0.3 is 24.6 Å². The second-order valence-corrected chi connectivity index (χ2v) is 8.03. The molecule has 3 fully saturated rings. The molecule has 2 heterocycles. The molecule has 1 aromatic carbocycles. The van der Waals surface area contributed by atoms with E-state index in [0.29, 0.717) is 43.2 Å². The number of amides is 2. The van der Waals surface area contributed by atoms with E-state index < -0.39 is 0 Å². The van der Waals surface area contributed by atoms with E-state index in [1.54, 1.807) is 30.2 Å². The number of nitrogens with one attached hydrogen (secondary N) is 1. The molecule has 1 aliphatic carbocycles. The Bertz CT molecular complexity index is 752. The number of piperidine rings is 1. The standard InChI is InChI=1S/C21H29N3O4/c1-27-17-5-3-4-15(18(17)28-2)19(25)23-10-12-24(13-11-23)20(26)16-14-21(16)6-8-22-9-7-21/h3-5,16,22H,6-14H2,1-2H3. The number of carbonyl (C=O) groups is 2. The highest BCUT2D eigenvalue weighted by atomic mass is 16.5. The number of hydrogen-bond acceptors (Lipinski definition) is 5. The molecule has 7 nitrogen and oxygen atoms in total. The molecule has 28 heavy (non-hydrogen) atoms. The summed E-state index contributed by atoms with van der Waals surface area (Å²) < 4.78 is 10.7. The fraction of sp³-hybridized carbons (Fsp3) is 0.619. The van der Waals surface area contributed by atoms with E-state index in [2.05, 4.69) is 5.32 Å². The molecule has 1 unspecified atom stereocenters. The van der Waals surface area contributed by atoms with Gasteiger partial charge in [0.15, 0.2) is 11.5 Å². The maximum atomic E-state index is 13.0. The lowest BCUT2D eigenvalue weighted by atomic mass is 9.91. The van der Waals surface area contributed by atoms with Crippen molar-refractivity contribution in [1.29, 1.82) is 0 Å². The van der Waals surface area contributed by atoms with Crippen LogP contribution < -0.4 is 14.8 Å². The number of carbonyl (C=O) groups excluding carboxylic acids is 2. The van der Waals surface area contributed by atoms with Crippen molar-refractivity contribution in [2.45, 2.75) is 19.3 Å². The number of hydrogen-bond donors (Lipinski definition) is 1. The third-order valence-electron chi connectivity index (χ3n) is 6.60. The molecular formula is C21H29N3O4. The van der Waals surface area contributed by atoms with Crippen LogP contribution in [-0.4, -0.2) is 75.1 Å². The van der Waals surface area contributed by atoms with Gasteiger partial charge in [0, 0.05) is 32.1 Å². The Labute approximate surface area is 166 Å². The smallest absolute Gasteiger partial charge is 0.257 e. The Kier molecular flexibility index (Phi) is 5.19. The van der Waals surface area contributed by atoms with E-state index in [-0.39, 0.29) is 23.1 Å². The van der Waals surface area contributed by atoms with Gasteiger partial charge >= 0.3 is 0 Å². The fourth-order valence-corrected chi connectivity index (χ4v) is 4.75. The Morgan fingerprint density at radius 1 is 1.04 bits per heavy atom. The van der Waals surface area contributed by atoms with Crippen molar-refractivity contribution in [3.8, 4) is 11.5 Å².